The van der Waals surface area contributed by atoms with Gasteiger partial charge in [0.05, 0.1) is 18.0 Å². The van der Waals surface area contributed by atoms with Crippen LogP contribution in [0.3, 0.4) is 0 Å². The van der Waals surface area contributed by atoms with E-state index in [0.29, 0.717) is 17.1 Å². The largest absolute Gasteiger partial charge is 0.347 e. The number of carbonyl (C=O) groups is 1. The van der Waals surface area contributed by atoms with Gasteiger partial charge in [0.1, 0.15) is 6.04 Å². The Kier molecular flexibility index (Phi) is 7.12. The molecule has 0 radical (unpaired) electrons. The fourth-order valence-electron chi connectivity index (χ4n) is 3.04. The first-order valence-electron chi connectivity index (χ1n) is 9.17. The van der Waals surface area contributed by atoms with Crippen LogP contribution in [0, 0.1) is 13.8 Å². The molecule has 0 aliphatic carbocycles. The van der Waals surface area contributed by atoms with Crippen molar-refractivity contribution in [2.24, 2.45) is 0 Å². The fourth-order valence-corrected chi connectivity index (χ4v) is 4.38. The van der Waals surface area contributed by atoms with Gasteiger partial charge < -0.3 is 5.32 Å². The molecule has 0 heterocycles. The number of nitrogens with zero attached hydrogens (tertiary/aromatic N) is 1. The molecule has 0 aromatic heterocycles. The minimum atomic E-state index is -3.69. The fraction of sp³-hybridized carbons (Fsp3) is 0.381. The minimum absolute atomic E-state index is 0.196. The number of anilines is 1. The third-order valence-corrected chi connectivity index (χ3v) is 6.35. The Bertz CT molecular complexity index is 943. The molecule has 1 amide bonds. The van der Waals surface area contributed by atoms with Gasteiger partial charge >= 0.3 is 0 Å². The zero-order valence-corrected chi connectivity index (χ0v) is 18.4. The Labute approximate surface area is 172 Å². The summed E-state index contributed by atoms with van der Waals surface area (Å²) in [6, 6.07) is 11.8. The van der Waals surface area contributed by atoms with Gasteiger partial charge in [-0.1, -0.05) is 54.4 Å². The molecule has 0 aliphatic heterocycles. The predicted octanol–water partition coefficient (Wildman–Crippen LogP) is 4.38. The first kappa shape index (κ1) is 22.2. The van der Waals surface area contributed by atoms with Crippen LogP contribution < -0.4 is 9.62 Å². The maximum atomic E-state index is 12.9. The zero-order valence-electron chi connectivity index (χ0n) is 16.9. The van der Waals surface area contributed by atoms with Crippen molar-refractivity contribution in [3.05, 3.63) is 64.2 Å². The van der Waals surface area contributed by atoms with Gasteiger partial charge in [-0.3, -0.25) is 9.10 Å². The van der Waals surface area contributed by atoms with Crippen molar-refractivity contribution >= 4 is 33.2 Å². The lowest BCUT2D eigenvalue weighted by Gasteiger charge is -2.30. The van der Waals surface area contributed by atoms with Crippen LogP contribution >= 0.6 is 11.6 Å². The van der Waals surface area contributed by atoms with E-state index >= 15 is 0 Å². The van der Waals surface area contributed by atoms with Crippen LogP contribution in [-0.2, 0) is 14.8 Å². The molecule has 0 bridgehead atoms. The van der Waals surface area contributed by atoms with Crippen LogP contribution in [0.15, 0.2) is 42.5 Å². The molecule has 2 rings (SSSR count). The highest BCUT2D eigenvalue weighted by Gasteiger charge is 2.30. The molecule has 28 heavy (non-hydrogen) atoms. The molecule has 0 saturated heterocycles. The average Bonchev–Trinajstić information content (AvgIpc) is 2.62. The highest BCUT2D eigenvalue weighted by molar-refractivity contribution is 7.92. The number of carbonyl (C=O) groups excluding carboxylic acids is 1. The zero-order chi connectivity index (χ0) is 21.1. The SMILES string of the molecule is CC[C@H](NC(=O)[C@@H](C)N(c1ccc(C)c(Cl)c1)S(C)(=O)=O)c1ccc(C)cc1. The number of benzene rings is 2. The topological polar surface area (TPSA) is 66.5 Å². The summed E-state index contributed by atoms with van der Waals surface area (Å²) in [6.45, 7) is 7.39. The Morgan fingerprint density at radius 3 is 2.25 bits per heavy atom. The van der Waals surface area contributed by atoms with Crippen molar-refractivity contribution in [3.8, 4) is 0 Å². The van der Waals surface area contributed by atoms with Crippen LogP contribution in [0.5, 0.6) is 0 Å². The summed E-state index contributed by atoms with van der Waals surface area (Å²) in [4.78, 5) is 12.9. The monoisotopic (exact) mass is 422 g/mol. The van der Waals surface area contributed by atoms with Crippen molar-refractivity contribution in [1.82, 2.24) is 5.32 Å². The molecule has 0 aliphatic rings. The molecule has 1 N–H and O–H groups in total. The molecule has 2 atom stereocenters. The number of halogens is 1. The van der Waals surface area contributed by atoms with Crippen molar-refractivity contribution in [1.29, 1.82) is 0 Å². The van der Waals surface area contributed by atoms with E-state index in [-0.39, 0.29) is 11.9 Å². The lowest BCUT2D eigenvalue weighted by Crippen LogP contribution is -2.48. The first-order chi connectivity index (χ1) is 13.0. The number of nitrogens with one attached hydrogen (secondary N) is 1. The van der Waals surface area contributed by atoms with Crippen molar-refractivity contribution in [2.45, 2.75) is 46.2 Å². The van der Waals surface area contributed by atoms with Gasteiger partial charge in [-0.05, 0) is 50.5 Å². The number of sulfonamides is 1. The lowest BCUT2D eigenvalue weighted by atomic mass is 10.0. The van der Waals surface area contributed by atoms with Crippen LogP contribution in [0.25, 0.3) is 0 Å². The number of hydrogen-bond acceptors (Lipinski definition) is 3. The summed E-state index contributed by atoms with van der Waals surface area (Å²) in [7, 11) is -3.69. The van der Waals surface area contributed by atoms with E-state index in [1.54, 1.807) is 25.1 Å². The summed E-state index contributed by atoms with van der Waals surface area (Å²) in [6.07, 6.45) is 1.78. The van der Waals surface area contributed by atoms with E-state index in [1.165, 1.54) is 0 Å². The van der Waals surface area contributed by atoms with Gasteiger partial charge in [-0.25, -0.2) is 8.42 Å². The van der Waals surface area contributed by atoms with Gasteiger partial charge in [-0.2, -0.15) is 0 Å². The van der Waals surface area contributed by atoms with Gasteiger partial charge in [0.25, 0.3) is 0 Å². The highest BCUT2D eigenvalue weighted by atomic mass is 35.5. The summed E-state index contributed by atoms with van der Waals surface area (Å²) in [5, 5.41) is 3.42. The molecule has 2 aromatic rings. The molecule has 0 fully saturated rings. The molecule has 0 unspecified atom stereocenters. The predicted molar refractivity (Wildman–Crippen MR) is 115 cm³/mol. The highest BCUT2D eigenvalue weighted by Crippen LogP contribution is 2.27. The van der Waals surface area contributed by atoms with Crippen molar-refractivity contribution in [2.75, 3.05) is 10.6 Å². The van der Waals surface area contributed by atoms with Crippen LogP contribution in [0.4, 0.5) is 5.69 Å². The van der Waals surface area contributed by atoms with Gasteiger partial charge in [0, 0.05) is 5.02 Å². The lowest BCUT2D eigenvalue weighted by molar-refractivity contribution is -0.122. The van der Waals surface area contributed by atoms with E-state index < -0.39 is 16.1 Å². The summed E-state index contributed by atoms with van der Waals surface area (Å²) >= 11 is 6.17. The maximum absolute atomic E-state index is 12.9. The quantitative estimate of drug-likeness (QED) is 0.720. The van der Waals surface area contributed by atoms with Crippen LogP contribution in [-0.4, -0.2) is 26.6 Å². The number of aryl methyl sites for hydroxylation is 2. The van der Waals surface area contributed by atoms with Gasteiger partial charge in [0.15, 0.2) is 0 Å². The minimum Gasteiger partial charge on any atom is -0.347 e. The van der Waals surface area contributed by atoms with E-state index in [0.717, 1.165) is 27.3 Å². The van der Waals surface area contributed by atoms with Crippen LogP contribution in [0.1, 0.15) is 43.0 Å². The molecular formula is C21H27ClN2O3S. The summed E-state index contributed by atoms with van der Waals surface area (Å²) < 4.78 is 26.0. The van der Waals surface area contributed by atoms with Crippen molar-refractivity contribution < 1.29 is 13.2 Å². The molecule has 0 saturated carbocycles. The first-order valence-corrected chi connectivity index (χ1v) is 11.4. The number of hydrogen-bond donors (Lipinski definition) is 1. The normalized spacial score (nSPS) is 13.6. The molecule has 0 spiro atoms. The van der Waals surface area contributed by atoms with E-state index in [9.17, 15) is 13.2 Å². The van der Waals surface area contributed by atoms with E-state index in [4.69, 9.17) is 11.6 Å². The number of rotatable bonds is 7. The molecule has 5 nitrogen and oxygen atoms in total. The second kappa shape index (κ2) is 8.97. The van der Waals surface area contributed by atoms with Gasteiger partial charge in [0.2, 0.25) is 15.9 Å². The molecule has 7 heteroatoms. The summed E-state index contributed by atoms with van der Waals surface area (Å²) in [5.74, 6) is -0.366. The Balaban J connectivity index is 2.30. The molecular weight excluding hydrogens is 396 g/mol. The number of amides is 1. The second-order valence-electron chi connectivity index (χ2n) is 7.05. The molecule has 2 aromatic carbocycles. The van der Waals surface area contributed by atoms with E-state index in [1.807, 2.05) is 45.0 Å². The smallest absolute Gasteiger partial charge is 0.244 e. The third kappa shape index (κ3) is 5.26. The standard InChI is InChI=1S/C21H27ClN2O3S/c1-6-20(17-10-7-14(2)8-11-17)23-21(25)16(4)24(28(5,26)27)18-12-9-15(3)19(22)13-18/h7-13,16,20H,6H2,1-5H3,(H,23,25)/t16-,20+/m1/s1. The van der Waals surface area contributed by atoms with E-state index in [2.05, 4.69) is 5.32 Å². The Morgan fingerprint density at radius 2 is 1.75 bits per heavy atom. The third-order valence-electron chi connectivity index (χ3n) is 4.70. The second-order valence-corrected chi connectivity index (χ2v) is 9.32. The summed E-state index contributed by atoms with van der Waals surface area (Å²) in [5.41, 5.74) is 3.32. The van der Waals surface area contributed by atoms with Gasteiger partial charge in [-0.15, -0.1) is 0 Å². The Hall–Kier alpha value is -2.05. The Morgan fingerprint density at radius 1 is 1.14 bits per heavy atom. The average molecular weight is 423 g/mol. The van der Waals surface area contributed by atoms with Crippen molar-refractivity contribution in [3.63, 3.8) is 0 Å². The maximum Gasteiger partial charge on any atom is 0.244 e. The molecule has 152 valence electrons. The van der Waals surface area contributed by atoms with Crippen LogP contribution in [0.2, 0.25) is 5.02 Å².